The molecule has 0 aromatic heterocycles. The van der Waals surface area contributed by atoms with E-state index in [-0.39, 0.29) is 18.9 Å². The van der Waals surface area contributed by atoms with Crippen molar-refractivity contribution < 1.29 is 34.4 Å². The van der Waals surface area contributed by atoms with E-state index in [2.05, 4.69) is 5.32 Å². The fourth-order valence-corrected chi connectivity index (χ4v) is 3.26. The molecule has 9 heteroatoms. The average molecular weight is 459 g/mol. The van der Waals surface area contributed by atoms with Crippen LogP contribution in [0.5, 0.6) is 5.75 Å². The van der Waals surface area contributed by atoms with Crippen LogP contribution in [-0.2, 0) is 16.0 Å². The molecule has 0 aliphatic carbocycles. The first-order valence-corrected chi connectivity index (χ1v) is 10.5. The van der Waals surface area contributed by atoms with Gasteiger partial charge >= 0.3 is 18.0 Å². The first-order chi connectivity index (χ1) is 15.6. The Morgan fingerprint density at radius 3 is 1.91 bits per heavy atom. The second kappa shape index (κ2) is 11.9. The van der Waals surface area contributed by atoms with Gasteiger partial charge in [0.2, 0.25) is 0 Å². The van der Waals surface area contributed by atoms with Crippen molar-refractivity contribution in [3.63, 3.8) is 0 Å². The summed E-state index contributed by atoms with van der Waals surface area (Å²) in [4.78, 5) is 36.5. The van der Waals surface area contributed by atoms with Crippen molar-refractivity contribution >= 4 is 18.0 Å². The van der Waals surface area contributed by atoms with Gasteiger partial charge in [-0.15, -0.1) is 0 Å². The van der Waals surface area contributed by atoms with Crippen LogP contribution < -0.4 is 10.1 Å². The van der Waals surface area contributed by atoms with Crippen LogP contribution in [0.15, 0.2) is 48.5 Å². The van der Waals surface area contributed by atoms with E-state index < -0.39 is 36.7 Å². The molecule has 0 bridgehead atoms. The number of hydrogen-bond donors (Lipinski definition) is 4. The zero-order valence-corrected chi connectivity index (χ0v) is 18.9. The summed E-state index contributed by atoms with van der Waals surface area (Å²) in [6.45, 7) is 3.38. The molecule has 0 saturated heterocycles. The molecule has 2 aromatic carbocycles. The normalized spacial score (nSPS) is 12.6. The Balaban J connectivity index is 2.09. The minimum absolute atomic E-state index is 0.00878. The molecule has 0 heterocycles. The second-order valence-electron chi connectivity index (χ2n) is 8.12. The second-order valence-corrected chi connectivity index (χ2v) is 8.12. The molecular weight excluding hydrogens is 428 g/mol. The number of aliphatic hydroxyl groups excluding tert-OH is 1. The highest BCUT2D eigenvalue weighted by atomic mass is 16.5. The SMILES string of the molecule is COc1ccc(-c2ccc(C[C@H](NC(=O)N(CC(C)C)C[C@H](O)C(=O)O)C(=O)O)cc2)cc1. The number of aliphatic carboxylic acids is 2. The highest BCUT2D eigenvalue weighted by molar-refractivity contribution is 5.83. The molecule has 0 aliphatic rings. The number of aliphatic hydroxyl groups is 1. The van der Waals surface area contributed by atoms with E-state index in [1.165, 1.54) is 0 Å². The van der Waals surface area contributed by atoms with Crippen molar-refractivity contribution in [2.75, 3.05) is 20.2 Å². The number of carbonyl (C=O) groups excluding carboxylic acids is 1. The van der Waals surface area contributed by atoms with Crippen molar-refractivity contribution in [3.8, 4) is 16.9 Å². The molecule has 33 heavy (non-hydrogen) atoms. The lowest BCUT2D eigenvalue weighted by atomic mass is 10.0. The number of nitrogens with one attached hydrogen (secondary N) is 1. The topological polar surface area (TPSA) is 136 Å². The quantitative estimate of drug-likeness (QED) is 0.406. The lowest BCUT2D eigenvalue weighted by Crippen LogP contribution is -2.52. The number of nitrogens with zero attached hydrogens (tertiary/aromatic N) is 1. The van der Waals surface area contributed by atoms with Gasteiger partial charge in [0.05, 0.1) is 13.7 Å². The van der Waals surface area contributed by atoms with E-state index in [1.54, 1.807) is 19.2 Å². The Morgan fingerprint density at radius 1 is 0.909 bits per heavy atom. The maximum absolute atomic E-state index is 12.7. The van der Waals surface area contributed by atoms with E-state index in [4.69, 9.17) is 9.84 Å². The van der Waals surface area contributed by atoms with Gasteiger partial charge in [-0.2, -0.15) is 0 Å². The predicted molar refractivity (Wildman–Crippen MR) is 122 cm³/mol. The van der Waals surface area contributed by atoms with Gasteiger partial charge in [-0.05, 0) is 34.7 Å². The average Bonchev–Trinajstić information content (AvgIpc) is 2.78. The first-order valence-electron chi connectivity index (χ1n) is 10.5. The molecule has 0 spiro atoms. The summed E-state index contributed by atoms with van der Waals surface area (Å²) in [5, 5.41) is 30.6. The number of rotatable bonds is 11. The summed E-state index contributed by atoms with van der Waals surface area (Å²) >= 11 is 0. The van der Waals surface area contributed by atoms with Crippen molar-refractivity contribution in [1.82, 2.24) is 10.2 Å². The number of hydrogen-bond acceptors (Lipinski definition) is 5. The molecule has 0 aliphatic heterocycles. The Kier molecular flexibility index (Phi) is 9.23. The molecule has 0 fully saturated rings. The molecule has 0 radical (unpaired) electrons. The van der Waals surface area contributed by atoms with Crippen molar-refractivity contribution in [3.05, 3.63) is 54.1 Å². The summed E-state index contributed by atoms with van der Waals surface area (Å²) in [5.41, 5.74) is 2.63. The number of urea groups is 1. The number of benzene rings is 2. The van der Waals surface area contributed by atoms with E-state index in [9.17, 15) is 24.6 Å². The molecule has 2 rings (SSSR count). The summed E-state index contributed by atoms with van der Waals surface area (Å²) < 4.78 is 5.16. The van der Waals surface area contributed by atoms with Crippen molar-refractivity contribution in [2.45, 2.75) is 32.4 Å². The van der Waals surface area contributed by atoms with Crippen LogP contribution in [0, 0.1) is 5.92 Å². The van der Waals surface area contributed by atoms with E-state index in [1.807, 2.05) is 50.2 Å². The lowest BCUT2D eigenvalue weighted by molar-refractivity contribution is -0.147. The lowest BCUT2D eigenvalue weighted by Gasteiger charge is -2.27. The number of carboxylic acid groups (broad SMARTS) is 2. The highest BCUT2D eigenvalue weighted by Crippen LogP contribution is 2.23. The van der Waals surface area contributed by atoms with E-state index >= 15 is 0 Å². The third-order valence-corrected chi connectivity index (χ3v) is 4.96. The standard InChI is InChI=1S/C24H30N2O7/c1-15(2)13-26(14-21(27)23(30)31)24(32)25-20(22(28)29)12-16-4-6-17(7-5-16)18-8-10-19(33-3)11-9-18/h4-11,15,20-21,27H,12-14H2,1-3H3,(H,25,32)(H,28,29)(H,30,31)/t20-,21-/m0/s1. The van der Waals surface area contributed by atoms with Crippen LogP contribution >= 0.6 is 0 Å². The van der Waals surface area contributed by atoms with Gasteiger partial charge in [0, 0.05) is 13.0 Å². The number of carboxylic acids is 2. The first kappa shape index (κ1) is 25.7. The number of ether oxygens (including phenoxy) is 1. The fourth-order valence-electron chi connectivity index (χ4n) is 3.26. The minimum atomic E-state index is -1.76. The zero-order chi connectivity index (χ0) is 24.5. The molecular formula is C24H30N2O7. The molecule has 0 saturated carbocycles. The maximum Gasteiger partial charge on any atom is 0.334 e. The van der Waals surface area contributed by atoms with Crippen LogP contribution in [0.25, 0.3) is 11.1 Å². The van der Waals surface area contributed by atoms with Gasteiger partial charge in [0.15, 0.2) is 6.10 Å². The van der Waals surface area contributed by atoms with Crippen LogP contribution in [0.3, 0.4) is 0 Å². The van der Waals surface area contributed by atoms with Crippen LogP contribution in [-0.4, -0.2) is 70.5 Å². The van der Waals surface area contributed by atoms with Gasteiger partial charge in [0.25, 0.3) is 0 Å². The van der Waals surface area contributed by atoms with Gasteiger partial charge in [-0.25, -0.2) is 14.4 Å². The van der Waals surface area contributed by atoms with Gasteiger partial charge in [0.1, 0.15) is 11.8 Å². The summed E-state index contributed by atoms with van der Waals surface area (Å²) in [5.74, 6) is -1.93. The fraction of sp³-hybridized carbons (Fsp3) is 0.375. The molecule has 9 nitrogen and oxygen atoms in total. The van der Waals surface area contributed by atoms with E-state index in [0.29, 0.717) is 5.56 Å². The monoisotopic (exact) mass is 458 g/mol. The minimum Gasteiger partial charge on any atom is -0.497 e. The zero-order valence-electron chi connectivity index (χ0n) is 18.9. The molecule has 2 atom stereocenters. The molecule has 2 amide bonds. The summed E-state index contributed by atoms with van der Waals surface area (Å²) in [6, 6.07) is 12.9. The third kappa shape index (κ3) is 7.80. The predicted octanol–water partition coefficient (Wildman–Crippen LogP) is 2.47. The highest BCUT2D eigenvalue weighted by Gasteiger charge is 2.27. The Labute approximate surface area is 192 Å². The third-order valence-electron chi connectivity index (χ3n) is 4.96. The van der Waals surface area contributed by atoms with Crippen LogP contribution in [0.2, 0.25) is 0 Å². The summed E-state index contributed by atoms with van der Waals surface area (Å²) in [7, 11) is 1.60. The molecule has 2 aromatic rings. The van der Waals surface area contributed by atoms with Gasteiger partial charge in [-0.1, -0.05) is 50.2 Å². The Hall–Kier alpha value is -3.59. The Morgan fingerprint density at radius 2 is 1.45 bits per heavy atom. The number of carbonyl (C=O) groups is 3. The Bertz CT molecular complexity index is 942. The molecule has 0 unspecified atom stereocenters. The molecule has 178 valence electrons. The van der Waals surface area contributed by atoms with Crippen molar-refractivity contribution in [1.29, 1.82) is 0 Å². The largest absolute Gasteiger partial charge is 0.497 e. The number of methoxy groups -OCH3 is 1. The van der Waals surface area contributed by atoms with E-state index in [0.717, 1.165) is 21.8 Å². The smallest absolute Gasteiger partial charge is 0.334 e. The van der Waals surface area contributed by atoms with Crippen LogP contribution in [0.1, 0.15) is 19.4 Å². The van der Waals surface area contributed by atoms with Crippen LogP contribution in [0.4, 0.5) is 4.79 Å². The maximum atomic E-state index is 12.7. The number of amides is 2. The molecule has 4 N–H and O–H groups in total. The van der Waals surface area contributed by atoms with Gasteiger partial charge < -0.3 is 30.3 Å². The van der Waals surface area contributed by atoms with Gasteiger partial charge in [-0.3, -0.25) is 0 Å². The summed E-state index contributed by atoms with van der Waals surface area (Å²) in [6.07, 6.45) is -1.72. The van der Waals surface area contributed by atoms with Crippen molar-refractivity contribution in [2.24, 2.45) is 5.92 Å².